The molecule has 1 N–H and O–H groups in total. The molecule has 1 aromatic rings. The average Bonchev–Trinajstić information content (AvgIpc) is 2.37. The van der Waals surface area contributed by atoms with Crippen LogP contribution in [0.3, 0.4) is 0 Å². The quantitative estimate of drug-likeness (QED) is 0.741. The molecule has 0 aliphatic rings. The van der Waals surface area contributed by atoms with Crippen molar-refractivity contribution >= 4 is 11.6 Å². The molecule has 16 heavy (non-hydrogen) atoms. The minimum atomic E-state index is 0.232. The van der Waals surface area contributed by atoms with E-state index in [1.165, 1.54) is 0 Å². The van der Waals surface area contributed by atoms with Gasteiger partial charge >= 0.3 is 0 Å². The van der Waals surface area contributed by atoms with Crippen molar-refractivity contribution in [3.63, 3.8) is 0 Å². The van der Waals surface area contributed by atoms with Crippen molar-refractivity contribution in [2.24, 2.45) is 5.41 Å². The minimum absolute atomic E-state index is 0.232. The van der Waals surface area contributed by atoms with Gasteiger partial charge in [0.25, 0.3) is 0 Å². The molecule has 0 unspecified atom stereocenters. The Morgan fingerprint density at radius 2 is 2.06 bits per heavy atom. The van der Waals surface area contributed by atoms with Gasteiger partial charge in [-0.1, -0.05) is 19.9 Å². The molecule has 1 heterocycles. The zero-order valence-corrected chi connectivity index (χ0v) is 10.9. The summed E-state index contributed by atoms with van der Waals surface area (Å²) in [6, 6.07) is 5.98. The van der Waals surface area contributed by atoms with Gasteiger partial charge in [0, 0.05) is 25.2 Å². The van der Waals surface area contributed by atoms with Gasteiger partial charge in [-0.25, -0.2) is 0 Å². The third-order valence-corrected chi connectivity index (χ3v) is 3.88. The van der Waals surface area contributed by atoms with Crippen LogP contribution in [-0.2, 0) is 6.54 Å². The fourth-order valence-electron chi connectivity index (χ4n) is 1.69. The second kappa shape index (κ2) is 6.87. The van der Waals surface area contributed by atoms with E-state index in [1.54, 1.807) is 0 Å². The molecule has 2 nitrogen and oxygen atoms in total. The number of aromatic nitrogens is 1. The molecule has 1 aromatic heterocycles. The van der Waals surface area contributed by atoms with Gasteiger partial charge < -0.3 is 5.32 Å². The van der Waals surface area contributed by atoms with Crippen LogP contribution in [0.4, 0.5) is 0 Å². The van der Waals surface area contributed by atoms with E-state index in [-0.39, 0.29) is 5.41 Å². The Labute approximate surface area is 103 Å². The molecule has 0 aromatic carbocycles. The summed E-state index contributed by atoms with van der Waals surface area (Å²) in [4.78, 5) is 4.28. The second-order valence-electron chi connectivity index (χ2n) is 4.27. The number of rotatable bonds is 7. The van der Waals surface area contributed by atoms with Gasteiger partial charge in [-0.3, -0.25) is 4.98 Å². The summed E-state index contributed by atoms with van der Waals surface area (Å²) < 4.78 is 0. The Hall–Kier alpha value is -0.600. The fourth-order valence-corrected chi connectivity index (χ4v) is 2.17. The summed E-state index contributed by atoms with van der Waals surface area (Å²) in [7, 11) is 0. The van der Waals surface area contributed by atoms with Crippen LogP contribution in [0.15, 0.2) is 24.4 Å². The second-order valence-corrected chi connectivity index (χ2v) is 4.53. The normalized spacial score (nSPS) is 11.7. The van der Waals surface area contributed by atoms with Gasteiger partial charge in [0.15, 0.2) is 0 Å². The Morgan fingerprint density at radius 3 is 2.56 bits per heavy atom. The van der Waals surface area contributed by atoms with E-state index >= 15 is 0 Å². The maximum atomic E-state index is 6.05. The van der Waals surface area contributed by atoms with Crippen LogP contribution in [0.1, 0.15) is 32.4 Å². The summed E-state index contributed by atoms with van der Waals surface area (Å²) in [5, 5.41) is 3.45. The zero-order valence-electron chi connectivity index (χ0n) is 10.2. The van der Waals surface area contributed by atoms with Crippen LogP contribution < -0.4 is 5.32 Å². The van der Waals surface area contributed by atoms with E-state index in [1.807, 2.05) is 24.4 Å². The summed E-state index contributed by atoms with van der Waals surface area (Å²) >= 11 is 6.05. The molecule has 3 heteroatoms. The summed E-state index contributed by atoms with van der Waals surface area (Å²) in [6.45, 7) is 6.18. The van der Waals surface area contributed by atoms with Crippen molar-refractivity contribution in [3.8, 4) is 0 Å². The Kier molecular flexibility index (Phi) is 5.78. The molecule has 0 amide bonds. The fraction of sp³-hybridized carbons (Fsp3) is 0.615. The SMILES string of the molecule is CCC(CC)(CCl)CNCc1ccccn1. The first-order valence-corrected chi connectivity index (χ1v) is 6.46. The molecule has 0 saturated carbocycles. The van der Waals surface area contributed by atoms with Crippen LogP contribution in [-0.4, -0.2) is 17.4 Å². The van der Waals surface area contributed by atoms with Gasteiger partial charge in [0.2, 0.25) is 0 Å². The first-order valence-electron chi connectivity index (χ1n) is 5.93. The standard InChI is InChI=1S/C13H21ClN2/c1-3-13(4-2,10-14)11-15-9-12-7-5-6-8-16-12/h5-8,15H,3-4,9-11H2,1-2H3. The first-order chi connectivity index (χ1) is 7.76. The van der Waals surface area contributed by atoms with Crippen molar-refractivity contribution < 1.29 is 0 Å². The highest BCUT2D eigenvalue weighted by Crippen LogP contribution is 2.26. The number of halogens is 1. The molecule has 90 valence electrons. The summed E-state index contributed by atoms with van der Waals surface area (Å²) in [6.07, 6.45) is 4.05. The maximum Gasteiger partial charge on any atom is 0.0541 e. The van der Waals surface area contributed by atoms with Crippen LogP contribution in [0.2, 0.25) is 0 Å². The minimum Gasteiger partial charge on any atom is -0.311 e. The molecule has 0 radical (unpaired) electrons. The van der Waals surface area contributed by atoms with E-state index in [0.29, 0.717) is 0 Å². The number of hydrogen-bond donors (Lipinski definition) is 1. The molecule has 0 saturated heterocycles. The zero-order chi connectivity index (χ0) is 11.9. The lowest BCUT2D eigenvalue weighted by atomic mass is 9.84. The smallest absolute Gasteiger partial charge is 0.0541 e. The molecule has 0 bridgehead atoms. The first kappa shape index (κ1) is 13.5. The topological polar surface area (TPSA) is 24.9 Å². The van der Waals surface area contributed by atoms with Crippen molar-refractivity contribution in [1.29, 1.82) is 0 Å². The van der Waals surface area contributed by atoms with Crippen molar-refractivity contribution in [3.05, 3.63) is 30.1 Å². The van der Waals surface area contributed by atoms with Crippen LogP contribution >= 0.6 is 11.6 Å². The maximum absolute atomic E-state index is 6.05. The van der Waals surface area contributed by atoms with Gasteiger partial charge in [-0.2, -0.15) is 0 Å². The lowest BCUT2D eigenvalue weighted by Gasteiger charge is -2.29. The van der Waals surface area contributed by atoms with E-state index in [2.05, 4.69) is 24.1 Å². The molecule has 0 aliphatic heterocycles. The monoisotopic (exact) mass is 240 g/mol. The summed E-state index contributed by atoms with van der Waals surface area (Å²) in [5.41, 5.74) is 1.31. The van der Waals surface area contributed by atoms with Crippen LogP contribution in [0, 0.1) is 5.41 Å². The highest BCUT2D eigenvalue weighted by atomic mass is 35.5. The highest BCUT2D eigenvalue weighted by Gasteiger charge is 2.24. The lowest BCUT2D eigenvalue weighted by Crippen LogP contribution is -2.34. The molecule has 0 fully saturated rings. The average molecular weight is 241 g/mol. The Balaban J connectivity index is 2.39. The number of nitrogens with one attached hydrogen (secondary N) is 1. The largest absolute Gasteiger partial charge is 0.311 e. The highest BCUT2D eigenvalue weighted by molar-refractivity contribution is 6.18. The van der Waals surface area contributed by atoms with E-state index in [4.69, 9.17) is 11.6 Å². The van der Waals surface area contributed by atoms with Crippen molar-refractivity contribution in [1.82, 2.24) is 10.3 Å². The molecule has 0 aliphatic carbocycles. The number of pyridine rings is 1. The molecular weight excluding hydrogens is 220 g/mol. The Morgan fingerprint density at radius 1 is 1.31 bits per heavy atom. The molecule has 1 rings (SSSR count). The lowest BCUT2D eigenvalue weighted by molar-refractivity contribution is 0.285. The van der Waals surface area contributed by atoms with E-state index in [0.717, 1.165) is 37.5 Å². The van der Waals surface area contributed by atoms with Gasteiger partial charge in [0.05, 0.1) is 5.69 Å². The summed E-state index contributed by atoms with van der Waals surface area (Å²) in [5.74, 6) is 0.717. The third-order valence-electron chi connectivity index (χ3n) is 3.32. The van der Waals surface area contributed by atoms with Crippen molar-refractivity contribution in [2.45, 2.75) is 33.2 Å². The predicted molar refractivity (Wildman–Crippen MR) is 69.7 cm³/mol. The third kappa shape index (κ3) is 3.76. The number of alkyl halides is 1. The van der Waals surface area contributed by atoms with E-state index < -0.39 is 0 Å². The molecule has 0 atom stereocenters. The number of hydrogen-bond acceptors (Lipinski definition) is 2. The molecular formula is C13H21ClN2. The van der Waals surface area contributed by atoms with Gasteiger partial charge in [-0.05, 0) is 30.4 Å². The van der Waals surface area contributed by atoms with Crippen LogP contribution in [0.5, 0.6) is 0 Å². The van der Waals surface area contributed by atoms with Crippen LogP contribution in [0.25, 0.3) is 0 Å². The van der Waals surface area contributed by atoms with Crippen molar-refractivity contribution in [2.75, 3.05) is 12.4 Å². The van der Waals surface area contributed by atoms with Gasteiger partial charge in [-0.15, -0.1) is 11.6 Å². The van der Waals surface area contributed by atoms with E-state index in [9.17, 15) is 0 Å². The number of nitrogens with zero attached hydrogens (tertiary/aromatic N) is 1. The predicted octanol–water partition coefficient (Wildman–Crippen LogP) is 3.22. The Bertz CT molecular complexity index is 275. The molecule has 0 spiro atoms. The van der Waals surface area contributed by atoms with Gasteiger partial charge in [0.1, 0.15) is 0 Å².